The van der Waals surface area contributed by atoms with Crippen molar-refractivity contribution in [2.75, 3.05) is 5.32 Å². The van der Waals surface area contributed by atoms with Gasteiger partial charge < -0.3 is 14.5 Å². The zero-order valence-corrected chi connectivity index (χ0v) is 17.8. The minimum atomic E-state index is -4.96. The number of halogens is 3. The van der Waals surface area contributed by atoms with E-state index in [0.717, 1.165) is 34.2 Å². The summed E-state index contributed by atoms with van der Waals surface area (Å²) < 4.78 is 46.8. The third-order valence-electron chi connectivity index (χ3n) is 5.24. The van der Waals surface area contributed by atoms with Crippen LogP contribution in [0.3, 0.4) is 0 Å². The molecular formula is C26H15F3N2O4. The van der Waals surface area contributed by atoms with E-state index in [9.17, 15) is 22.8 Å². The fraction of sp³-hybridized carbons (Fsp3) is 0.0385. The van der Waals surface area contributed by atoms with Gasteiger partial charge >= 0.3 is 12.0 Å². The second-order valence-corrected chi connectivity index (χ2v) is 7.62. The summed E-state index contributed by atoms with van der Waals surface area (Å²) >= 11 is 0. The Bertz CT molecular complexity index is 1640. The maximum atomic E-state index is 12.8. The first-order valence-electron chi connectivity index (χ1n) is 10.4. The Morgan fingerprint density at radius 3 is 2.49 bits per heavy atom. The topological polar surface area (TPSA) is 81.4 Å². The average molecular weight is 476 g/mol. The number of hydrogen-bond acceptors (Lipinski definition) is 5. The normalized spacial score (nSPS) is 11.5. The van der Waals surface area contributed by atoms with E-state index in [4.69, 9.17) is 4.42 Å². The van der Waals surface area contributed by atoms with Crippen molar-refractivity contribution in [1.82, 2.24) is 4.98 Å². The highest BCUT2D eigenvalue weighted by Gasteiger charge is 2.32. The van der Waals surface area contributed by atoms with E-state index in [1.54, 1.807) is 24.4 Å². The van der Waals surface area contributed by atoms with Gasteiger partial charge in [0, 0.05) is 28.2 Å². The first-order chi connectivity index (χ1) is 16.8. The number of aromatic nitrogens is 1. The molecule has 6 nitrogen and oxygen atoms in total. The Morgan fingerprint density at radius 1 is 0.886 bits per heavy atom. The molecule has 2 aromatic heterocycles. The highest BCUT2D eigenvalue weighted by Crippen LogP contribution is 2.30. The lowest BCUT2D eigenvalue weighted by Gasteiger charge is -2.11. The van der Waals surface area contributed by atoms with Crippen LogP contribution in [-0.4, -0.2) is 17.3 Å². The van der Waals surface area contributed by atoms with Crippen LogP contribution in [0.4, 0.5) is 18.9 Å². The molecule has 0 unspecified atom stereocenters. The summed E-state index contributed by atoms with van der Waals surface area (Å²) in [7, 11) is 0. The number of carbonyl (C=O) groups excluding carboxylic acids is 1. The number of carbonyl (C=O) groups is 1. The molecular weight excluding hydrogens is 461 g/mol. The van der Waals surface area contributed by atoms with E-state index in [1.807, 2.05) is 36.4 Å². The van der Waals surface area contributed by atoms with Gasteiger partial charge in [-0.3, -0.25) is 9.78 Å². The molecule has 0 atom stereocenters. The Kier molecular flexibility index (Phi) is 5.44. The quantitative estimate of drug-likeness (QED) is 0.314. The fourth-order valence-electron chi connectivity index (χ4n) is 3.68. The minimum absolute atomic E-state index is 0.104. The van der Waals surface area contributed by atoms with Gasteiger partial charge in [0.1, 0.15) is 5.56 Å². The number of pyridine rings is 1. The van der Waals surface area contributed by atoms with Gasteiger partial charge in [0.05, 0.1) is 5.52 Å². The van der Waals surface area contributed by atoms with Gasteiger partial charge in [-0.1, -0.05) is 42.5 Å². The van der Waals surface area contributed by atoms with Gasteiger partial charge in [0.15, 0.2) is 11.3 Å². The van der Waals surface area contributed by atoms with Crippen LogP contribution in [-0.2, 0) is 0 Å². The Hall–Kier alpha value is -4.66. The predicted octanol–water partition coefficient (Wildman–Crippen LogP) is 6.16. The van der Waals surface area contributed by atoms with E-state index >= 15 is 0 Å². The molecule has 5 aromatic rings. The SMILES string of the molecule is O=C(Nc1cccc(-c2cnc3ccccc3c2)c1)c1cc2cccc(OC(F)(F)F)c2oc1=O. The van der Waals surface area contributed by atoms with Crippen molar-refractivity contribution in [3.8, 4) is 16.9 Å². The van der Waals surface area contributed by atoms with Crippen molar-refractivity contribution < 1.29 is 27.1 Å². The molecule has 9 heteroatoms. The Labute approximate surface area is 195 Å². The van der Waals surface area contributed by atoms with Crippen molar-refractivity contribution in [2.45, 2.75) is 6.36 Å². The van der Waals surface area contributed by atoms with Crippen LogP contribution in [0, 0.1) is 0 Å². The number of alkyl halides is 3. The number of amides is 1. The number of para-hydroxylation sites is 2. The fourth-order valence-corrected chi connectivity index (χ4v) is 3.68. The third-order valence-corrected chi connectivity index (χ3v) is 5.24. The molecule has 0 spiro atoms. The summed E-state index contributed by atoms with van der Waals surface area (Å²) in [4.78, 5) is 29.7. The summed E-state index contributed by atoms with van der Waals surface area (Å²) in [6.45, 7) is 0. The third kappa shape index (κ3) is 4.70. The number of anilines is 1. The van der Waals surface area contributed by atoms with Gasteiger partial charge in [-0.2, -0.15) is 0 Å². The molecule has 3 aromatic carbocycles. The number of nitrogens with zero attached hydrogens (tertiary/aromatic N) is 1. The van der Waals surface area contributed by atoms with Crippen molar-refractivity contribution in [1.29, 1.82) is 0 Å². The summed E-state index contributed by atoms with van der Waals surface area (Å²) in [5.41, 5.74) is 1.03. The van der Waals surface area contributed by atoms with Crippen molar-refractivity contribution >= 4 is 33.5 Å². The molecule has 1 N–H and O–H groups in total. The van der Waals surface area contributed by atoms with Crippen LogP contribution in [0.25, 0.3) is 33.0 Å². The molecule has 5 rings (SSSR count). The first kappa shape index (κ1) is 22.1. The van der Waals surface area contributed by atoms with Crippen LogP contribution in [0.5, 0.6) is 5.75 Å². The molecule has 0 aliphatic rings. The number of nitrogens with one attached hydrogen (secondary N) is 1. The highest BCUT2D eigenvalue weighted by molar-refractivity contribution is 6.06. The zero-order valence-electron chi connectivity index (χ0n) is 17.8. The molecule has 0 aliphatic heterocycles. The lowest BCUT2D eigenvalue weighted by atomic mass is 10.0. The molecule has 0 fully saturated rings. The van der Waals surface area contributed by atoms with E-state index in [-0.39, 0.29) is 10.9 Å². The molecule has 0 saturated carbocycles. The van der Waals surface area contributed by atoms with E-state index < -0.39 is 29.2 Å². The number of rotatable bonds is 4. The van der Waals surface area contributed by atoms with Crippen LogP contribution in [0.2, 0.25) is 0 Å². The Morgan fingerprint density at radius 2 is 1.66 bits per heavy atom. The van der Waals surface area contributed by atoms with E-state index in [0.29, 0.717) is 5.69 Å². The number of fused-ring (bicyclic) bond motifs is 2. The van der Waals surface area contributed by atoms with Crippen LogP contribution in [0.1, 0.15) is 10.4 Å². The molecule has 2 heterocycles. The van der Waals surface area contributed by atoms with Crippen molar-refractivity contribution in [3.05, 3.63) is 101 Å². The molecule has 35 heavy (non-hydrogen) atoms. The molecule has 1 amide bonds. The van der Waals surface area contributed by atoms with Crippen LogP contribution < -0.4 is 15.7 Å². The molecule has 174 valence electrons. The zero-order chi connectivity index (χ0) is 24.6. The van der Waals surface area contributed by atoms with E-state index in [1.165, 1.54) is 12.1 Å². The number of ether oxygens (including phenoxy) is 1. The van der Waals surface area contributed by atoms with Gasteiger partial charge in [-0.15, -0.1) is 13.2 Å². The minimum Gasteiger partial charge on any atom is -0.418 e. The molecule has 0 bridgehead atoms. The molecule has 0 saturated heterocycles. The summed E-state index contributed by atoms with van der Waals surface area (Å²) in [6.07, 6.45) is -3.24. The summed E-state index contributed by atoms with van der Waals surface area (Å²) in [5.74, 6) is -1.44. The van der Waals surface area contributed by atoms with Gasteiger partial charge in [-0.05, 0) is 42.0 Å². The van der Waals surface area contributed by atoms with Gasteiger partial charge in [0.25, 0.3) is 5.91 Å². The maximum Gasteiger partial charge on any atom is 0.573 e. The standard InChI is InChI=1S/C26H15F3N2O4/c27-26(28,29)35-22-10-4-7-17-13-20(25(33)34-23(17)22)24(32)31-19-8-3-6-15(12-19)18-11-16-5-1-2-9-21(16)30-14-18/h1-14H,(H,31,32). The van der Waals surface area contributed by atoms with Crippen LogP contribution in [0.15, 0.2) is 94.3 Å². The second kappa shape index (κ2) is 8.60. The summed E-state index contributed by atoms with van der Waals surface area (Å²) in [6, 6.07) is 21.5. The first-order valence-corrected chi connectivity index (χ1v) is 10.4. The van der Waals surface area contributed by atoms with Gasteiger partial charge in [0.2, 0.25) is 0 Å². The van der Waals surface area contributed by atoms with E-state index in [2.05, 4.69) is 15.0 Å². The second-order valence-electron chi connectivity index (χ2n) is 7.62. The molecule has 0 aliphatic carbocycles. The molecule has 0 radical (unpaired) electrons. The largest absolute Gasteiger partial charge is 0.573 e. The van der Waals surface area contributed by atoms with Gasteiger partial charge in [-0.25, -0.2) is 4.79 Å². The average Bonchev–Trinajstić information content (AvgIpc) is 2.83. The lowest BCUT2D eigenvalue weighted by molar-refractivity contribution is -0.274. The smallest absolute Gasteiger partial charge is 0.418 e. The highest BCUT2D eigenvalue weighted by atomic mass is 19.4. The summed E-state index contributed by atoms with van der Waals surface area (Å²) in [5, 5.41) is 3.70. The Balaban J connectivity index is 1.44. The lowest BCUT2D eigenvalue weighted by Crippen LogP contribution is -2.21. The van der Waals surface area contributed by atoms with Crippen molar-refractivity contribution in [2.24, 2.45) is 0 Å². The maximum absolute atomic E-state index is 12.8. The predicted molar refractivity (Wildman–Crippen MR) is 124 cm³/mol. The van der Waals surface area contributed by atoms with Crippen molar-refractivity contribution in [3.63, 3.8) is 0 Å². The number of benzene rings is 3. The van der Waals surface area contributed by atoms with Crippen LogP contribution >= 0.6 is 0 Å². The number of hydrogen-bond donors (Lipinski definition) is 1. The monoisotopic (exact) mass is 476 g/mol.